The van der Waals surface area contributed by atoms with E-state index in [9.17, 15) is 19.5 Å². The molecule has 7 heteroatoms. The minimum absolute atomic E-state index is 0.0480. The number of carbonyl (C=O) groups is 3. The summed E-state index contributed by atoms with van der Waals surface area (Å²) in [5.41, 5.74) is 2.62. The molecule has 1 unspecified atom stereocenters. The minimum atomic E-state index is -1.09. The van der Waals surface area contributed by atoms with Gasteiger partial charge in [-0.2, -0.15) is 0 Å². The van der Waals surface area contributed by atoms with Crippen LogP contribution in [-0.2, 0) is 22.6 Å². The van der Waals surface area contributed by atoms with Crippen LogP contribution in [0.2, 0.25) is 0 Å². The maximum atomic E-state index is 12.2. The second kappa shape index (κ2) is 8.56. The summed E-state index contributed by atoms with van der Waals surface area (Å²) in [5.74, 6) is -1.30. The highest BCUT2D eigenvalue weighted by Crippen LogP contribution is 2.27. The summed E-state index contributed by atoms with van der Waals surface area (Å²) in [6.07, 6.45) is 1.30. The number of carboxylic acid groups (broad SMARTS) is 1. The third kappa shape index (κ3) is 4.49. The van der Waals surface area contributed by atoms with Crippen LogP contribution in [0.25, 0.3) is 0 Å². The maximum Gasteiger partial charge on any atom is 0.339 e. The van der Waals surface area contributed by atoms with Crippen LogP contribution in [0.1, 0.15) is 34.3 Å². The molecule has 1 aliphatic rings. The molecule has 0 bridgehead atoms. The van der Waals surface area contributed by atoms with Gasteiger partial charge >= 0.3 is 5.97 Å². The summed E-state index contributed by atoms with van der Waals surface area (Å²) in [6, 6.07) is 12.4. The average Bonchev–Trinajstić information content (AvgIpc) is 2.70. The molecule has 7 nitrogen and oxygen atoms in total. The number of methoxy groups -OCH3 is 1. The van der Waals surface area contributed by atoms with E-state index in [-0.39, 0.29) is 42.0 Å². The van der Waals surface area contributed by atoms with Gasteiger partial charge in [0.25, 0.3) is 0 Å². The first-order valence-electron chi connectivity index (χ1n) is 9.03. The Morgan fingerprint density at radius 3 is 2.79 bits per heavy atom. The van der Waals surface area contributed by atoms with Crippen molar-refractivity contribution in [2.75, 3.05) is 12.4 Å². The molecule has 1 heterocycles. The van der Waals surface area contributed by atoms with Crippen molar-refractivity contribution >= 4 is 23.5 Å². The van der Waals surface area contributed by atoms with Crippen LogP contribution in [-0.4, -0.2) is 30.0 Å². The largest absolute Gasteiger partial charge is 0.496 e. The Hall–Kier alpha value is -3.35. The quantitative estimate of drug-likeness (QED) is 0.683. The van der Waals surface area contributed by atoms with Gasteiger partial charge in [0.05, 0.1) is 7.11 Å². The monoisotopic (exact) mass is 382 g/mol. The van der Waals surface area contributed by atoms with E-state index in [1.807, 2.05) is 24.3 Å². The summed E-state index contributed by atoms with van der Waals surface area (Å²) in [6.45, 7) is 0.211. The minimum Gasteiger partial charge on any atom is -0.496 e. The summed E-state index contributed by atoms with van der Waals surface area (Å²) < 4.78 is 5.02. The summed E-state index contributed by atoms with van der Waals surface area (Å²) >= 11 is 0. The highest BCUT2D eigenvalue weighted by molar-refractivity contribution is 5.96. The van der Waals surface area contributed by atoms with E-state index in [0.717, 1.165) is 11.3 Å². The number of aromatic carboxylic acids is 1. The van der Waals surface area contributed by atoms with E-state index in [1.54, 1.807) is 12.1 Å². The zero-order valence-electron chi connectivity index (χ0n) is 15.5. The van der Waals surface area contributed by atoms with Crippen molar-refractivity contribution in [3.8, 4) is 5.75 Å². The van der Waals surface area contributed by atoms with Crippen LogP contribution in [0.4, 0.5) is 5.69 Å². The molecule has 2 amide bonds. The normalized spacial score (nSPS) is 15.3. The van der Waals surface area contributed by atoms with Gasteiger partial charge in [0, 0.05) is 24.6 Å². The molecule has 0 aromatic heterocycles. The van der Waals surface area contributed by atoms with Crippen molar-refractivity contribution in [3.63, 3.8) is 0 Å². The van der Waals surface area contributed by atoms with Gasteiger partial charge in [-0.15, -0.1) is 0 Å². The average molecular weight is 382 g/mol. The number of fused-ring (bicyclic) bond motifs is 1. The topological polar surface area (TPSA) is 105 Å². The molecule has 2 aromatic carbocycles. The standard InChI is InChI=1S/C21H22N2O5/c1-28-18-8-6-13(10-16(18)21(26)27)12-22-19(24)9-7-15-11-14-4-2-3-5-17(14)23-20(15)25/h2-6,8,10,15H,7,9,11-12H2,1H3,(H,22,24)(H,23,25)(H,26,27). The molecular weight excluding hydrogens is 360 g/mol. The molecule has 3 rings (SSSR count). The van der Waals surface area contributed by atoms with E-state index in [0.29, 0.717) is 18.4 Å². The Bertz CT molecular complexity index is 909. The van der Waals surface area contributed by atoms with Crippen LogP contribution in [0.5, 0.6) is 5.75 Å². The lowest BCUT2D eigenvalue weighted by Crippen LogP contribution is -2.31. The van der Waals surface area contributed by atoms with Crippen molar-refractivity contribution in [2.45, 2.75) is 25.8 Å². The summed E-state index contributed by atoms with van der Waals surface area (Å²) in [4.78, 5) is 35.6. The fourth-order valence-electron chi connectivity index (χ4n) is 3.27. The van der Waals surface area contributed by atoms with Gasteiger partial charge < -0.3 is 20.5 Å². The fraction of sp³-hybridized carbons (Fsp3) is 0.286. The van der Waals surface area contributed by atoms with Crippen molar-refractivity contribution in [3.05, 3.63) is 59.2 Å². The number of hydrogen-bond acceptors (Lipinski definition) is 4. The van der Waals surface area contributed by atoms with Crippen molar-refractivity contribution < 1.29 is 24.2 Å². The number of benzene rings is 2. The Morgan fingerprint density at radius 2 is 2.04 bits per heavy atom. The number of rotatable bonds is 7. The Kier molecular flexibility index (Phi) is 5.93. The van der Waals surface area contributed by atoms with Gasteiger partial charge in [-0.3, -0.25) is 9.59 Å². The summed E-state index contributed by atoms with van der Waals surface area (Å²) in [7, 11) is 1.41. The first kappa shape index (κ1) is 19.4. The molecule has 1 aliphatic heterocycles. The molecule has 1 atom stereocenters. The van der Waals surface area contributed by atoms with Crippen molar-refractivity contribution in [2.24, 2.45) is 5.92 Å². The molecule has 0 fully saturated rings. The number of hydrogen-bond donors (Lipinski definition) is 3. The molecule has 0 radical (unpaired) electrons. The Balaban J connectivity index is 1.52. The number of carbonyl (C=O) groups excluding carboxylic acids is 2. The molecular formula is C21H22N2O5. The van der Waals surface area contributed by atoms with Crippen molar-refractivity contribution in [1.29, 1.82) is 0 Å². The van der Waals surface area contributed by atoms with Crippen LogP contribution < -0.4 is 15.4 Å². The SMILES string of the molecule is COc1ccc(CNC(=O)CCC2Cc3ccccc3NC2=O)cc1C(=O)O. The van der Waals surface area contributed by atoms with E-state index in [2.05, 4.69) is 10.6 Å². The van der Waals surface area contributed by atoms with Gasteiger partial charge in [0.1, 0.15) is 11.3 Å². The smallest absolute Gasteiger partial charge is 0.339 e. The Morgan fingerprint density at radius 1 is 1.25 bits per heavy atom. The van der Waals surface area contributed by atoms with Gasteiger partial charge in [0.2, 0.25) is 11.8 Å². The molecule has 0 saturated carbocycles. The van der Waals surface area contributed by atoms with Crippen LogP contribution >= 0.6 is 0 Å². The second-order valence-corrected chi connectivity index (χ2v) is 6.70. The van der Waals surface area contributed by atoms with Gasteiger partial charge in [0.15, 0.2) is 0 Å². The van der Waals surface area contributed by atoms with Crippen molar-refractivity contribution in [1.82, 2.24) is 5.32 Å². The number of nitrogens with one attached hydrogen (secondary N) is 2. The van der Waals surface area contributed by atoms with Gasteiger partial charge in [-0.25, -0.2) is 4.79 Å². The van der Waals surface area contributed by atoms with E-state index in [1.165, 1.54) is 13.2 Å². The molecule has 146 valence electrons. The predicted octanol–water partition coefficient (Wildman–Crippen LogP) is 2.60. The lowest BCUT2D eigenvalue weighted by molar-refractivity contribution is -0.123. The zero-order valence-corrected chi connectivity index (χ0v) is 15.5. The van der Waals surface area contributed by atoms with Crippen LogP contribution in [0, 0.1) is 5.92 Å². The number of anilines is 1. The molecule has 0 aliphatic carbocycles. The maximum absolute atomic E-state index is 12.2. The number of carboxylic acids is 1. The number of para-hydroxylation sites is 1. The number of amides is 2. The van der Waals surface area contributed by atoms with Crippen LogP contribution in [0.3, 0.4) is 0 Å². The molecule has 2 aromatic rings. The van der Waals surface area contributed by atoms with E-state index < -0.39 is 5.97 Å². The van der Waals surface area contributed by atoms with Gasteiger partial charge in [-0.05, 0) is 42.2 Å². The third-order valence-corrected chi connectivity index (χ3v) is 4.82. The van der Waals surface area contributed by atoms with Crippen LogP contribution in [0.15, 0.2) is 42.5 Å². The molecule has 3 N–H and O–H groups in total. The predicted molar refractivity (Wildman–Crippen MR) is 103 cm³/mol. The zero-order chi connectivity index (χ0) is 20.1. The second-order valence-electron chi connectivity index (χ2n) is 6.70. The number of ether oxygens (including phenoxy) is 1. The first-order valence-corrected chi connectivity index (χ1v) is 9.03. The summed E-state index contributed by atoms with van der Waals surface area (Å²) in [5, 5.41) is 14.9. The van der Waals surface area contributed by atoms with E-state index >= 15 is 0 Å². The first-order chi connectivity index (χ1) is 13.5. The molecule has 28 heavy (non-hydrogen) atoms. The lowest BCUT2D eigenvalue weighted by Gasteiger charge is -2.24. The lowest BCUT2D eigenvalue weighted by atomic mass is 9.89. The fourth-order valence-corrected chi connectivity index (χ4v) is 3.27. The highest BCUT2D eigenvalue weighted by Gasteiger charge is 2.26. The van der Waals surface area contributed by atoms with E-state index in [4.69, 9.17) is 4.74 Å². The third-order valence-electron chi connectivity index (χ3n) is 4.82. The Labute approximate surface area is 162 Å². The molecule has 0 saturated heterocycles. The molecule has 0 spiro atoms. The van der Waals surface area contributed by atoms with Gasteiger partial charge in [-0.1, -0.05) is 24.3 Å². The highest BCUT2D eigenvalue weighted by atomic mass is 16.5.